The van der Waals surface area contributed by atoms with Gasteiger partial charge in [-0.3, -0.25) is 19.7 Å². The predicted octanol–water partition coefficient (Wildman–Crippen LogP) is 1.51. The van der Waals surface area contributed by atoms with Gasteiger partial charge in [-0.25, -0.2) is 9.37 Å². The van der Waals surface area contributed by atoms with Crippen molar-refractivity contribution >= 4 is 34.3 Å². The van der Waals surface area contributed by atoms with Crippen LogP contribution < -0.4 is 10.2 Å². The minimum absolute atomic E-state index is 0.0181. The van der Waals surface area contributed by atoms with Crippen molar-refractivity contribution in [1.82, 2.24) is 20.0 Å². The van der Waals surface area contributed by atoms with Crippen LogP contribution in [-0.2, 0) is 32.6 Å². The number of amides is 2. The molecule has 6 rings (SSSR count). The average Bonchev–Trinajstić information content (AvgIpc) is 3.37. The minimum Gasteiger partial charge on any atom is -0.372 e. The summed E-state index contributed by atoms with van der Waals surface area (Å²) in [4.78, 5) is 44.7. The summed E-state index contributed by atoms with van der Waals surface area (Å²) in [5.74, 6) is -2.39. The Morgan fingerprint density at radius 3 is 2.76 bits per heavy atom. The Bertz CT molecular complexity index is 1370. The first-order chi connectivity index (χ1) is 16.2. The molecule has 1 spiro atoms. The van der Waals surface area contributed by atoms with Crippen LogP contribution in [-0.4, -0.2) is 57.1 Å². The zero-order chi connectivity index (χ0) is 23.9. The molecule has 2 amide bonds. The van der Waals surface area contributed by atoms with Gasteiger partial charge in [0.2, 0.25) is 17.4 Å². The largest absolute Gasteiger partial charge is 0.372 e. The van der Waals surface area contributed by atoms with Crippen molar-refractivity contribution < 1.29 is 28.0 Å². The van der Waals surface area contributed by atoms with Crippen LogP contribution >= 0.6 is 0 Å². The van der Waals surface area contributed by atoms with Gasteiger partial charge in [0, 0.05) is 19.8 Å². The summed E-state index contributed by atoms with van der Waals surface area (Å²) >= 11 is 0. The molecule has 11 heteroatoms. The molecular formula is C23H22FN5O5. The number of imidazole rings is 1. The first-order valence-electron chi connectivity index (χ1n) is 11.1. The molecule has 0 saturated carbocycles. The number of nitrogens with one attached hydrogen (secondary N) is 1. The normalized spacial score (nSPS) is 28.9. The lowest BCUT2D eigenvalue weighted by Gasteiger charge is -2.55. The standard InChI is InChI=1S/C23H22FN5O5/c1-10-7-29-19-12(4-13-18(14-8-28(3)9-25-14)27-34-20(13)17(19)24)6-23(21(29)11(2)33-10)15(30)5-16(31)26-22(23)32/h4,8-11,21H,5-7H2,1-3H3,(H,26,31,32)/t10-,11+,21-,23?/m1/s1. The highest BCUT2D eigenvalue weighted by Crippen LogP contribution is 2.50. The first kappa shape index (κ1) is 21.0. The van der Waals surface area contributed by atoms with Gasteiger partial charge in [-0.15, -0.1) is 0 Å². The number of rotatable bonds is 1. The number of fused-ring (bicyclic) bond motifs is 5. The molecule has 3 aliphatic heterocycles. The number of halogens is 1. The Balaban J connectivity index is 1.60. The first-order valence-corrected chi connectivity index (χ1v) is 11.1. The van der Waals surface area contributed by atoms with Crippen molar-refractivity contribution in [3.05, 3.63) is 30.0 Å². The van der Waals surface area contributed by atoms with E-state index >= 15 is 4.39 Å². The molecule has 2 aromatic heterocycles. The van der Waals surface area contributed by atoms with E-state index in [1.807, 2.05) is 6.92 Å². The molecule has 2 saturated heterocycles. The summed E-state index contributed by atoms with van der Waals surface area (Å²) in [7, 11) is 1.81. The van der Waals surface area contributed by atoms with Crippen LogP contribution in [0, 0.1) is 11.2 Å². The molecule has 0 radical (unpaired) electrons. The molecule has 34 heavy (non-hydrogen) atoms. The maximum Gasteiger partial charge on any atom is 0.242 e. The van der Waals surface area contributed by atoms with E-state index in [4.69, 9.17) is 9.26 Å². The summed E-state index contributed by atoms with van der Waals surface area (Å²) in [5, 5.41) is 6.80. The number of aryl methyl sites for hydroxylation is 1. The molecule has 4 atom stereocenters. The van der Waals surface area contributed by atoms with Crippen LogP contribution in [0.15, 0.2) is 23.1 Å². The van der Waals surface area contributed by atoms with E-state index < -0.39 is 47.4 Å². The number of aromatic nitrogens is 3. The van der Waals surface area contributed by atoms with E-state index in [9.17, 15) is 14.4 Å². The lowest BCUT2D eigenvalue weighted by atomic mass is 9.63. The van der Waals surface area contributed by atoms with Crippen LogP contribution in [0.4, 0.5) is 10.1 Å². The molecule has 5 heterocycles. The van der Waals surface area contributed by atoms with Crippen molar-refractivity contribution in [2.45, 2.75) is 44.9 Å². The van der Waals surface area contributed by atoms with Gasteiger partial charge in [0.25, 0.3) is 0 Å². The molecule has 3 aliphatic rings. The third-order valence-electron chi connectivity index (χ3n) is 7.12. The van der Waals surface area contributed by atoms with Gasteiger partial charge in [0.1, 0.15) is 16.8 Å². The maximum absolute atomic E-state index is 16.0. The fraction of sp³-hybridized carbons (Fsp3) is 0.435. The number of hydrogen-bond donors (Lipinski definition) is 1. The molecule has 1 unspecified atom stereocenters. The number of nitrogens with zero attached hydrogens (tertiary/aromatic N) is 4. The van der Waals surface area contributed by atoms with E-state index in [2.05, 4.69) is 15.5 Å². The van der Waals surface area contributed by atoms with Crippen molar-refractivity contribution in [3.8, 4) is 11.4 Å². The number of Topliss-reactive ketones (excluding diaryl/α,β-unsaturated/α-hetero) is 1. The Labute approximate surface area is 193 Å². The second kappa shape index (κ2) is 6.95. The van der Waals surface area contributed by atoms with Crippen LogP contribution in [0.5, 0.6) is 0 Å². The Morgan fingerprint density at radius 2 is 2.06 bits per heavy atom. The maximum atomic E-state index is 16.0. The third-order valence-corrected chi connectivity index (χ3v) is 7.12. The fourth-order valence-corrected chi connectivity index (χ4v) is 5.87. The van der Waals surface area contributed by atoms with Gasteiger partial charge in [-0.1, -0.05) is 5.16 Å². The van der Waals surface area contributed by atoms with E-state index in [1.54, 1.807) is 42.0 Å². The molecule has 1 aromatic carbocycles. The second-order valence-corrected chi connectivity index (χ2v) is 9.40. The number of carbonyl (C=O) groups excluding carboxylic acids is 3. The summed E-state index contributed by atoms with van der Waals surface area (Å²) in [6.45, 7) is 3.88. The Morgan fingerprint density at radius 1 is 1.26 bits per heavy atom. The number of carbonyl (C=O) groups is 3. The van der Waals surface area contributed by atoms with Crippen LogP contribution in [0.3, 0.4) is 0 Å². The second-order valence-electron chi connectivity index (χ2n) is 9.40. The average molecular weight is 467 g/mol. The number of hydrogen-bond acceptors (Lipinski definition) is 8. The predicted molar refractivity (Wildman–Crippen MR) is 116 cm³/mol. The molecule has 2 fully saturated rings. The Kier molecular flexibility index (Phi) is 4.29. The molecule has 1 N–H and O–H groups in total. The molecule has 0 aliphatic carbocycles. The molecule has 10 nitrogen and oxygen atoms in total. The summed E-state index contributed by atoms with van der Waals surface area (Å²) < 4.78 is 29.2. The van der Waals surface area contributed by atoms with Crippen molar-refractivity contribution in [2.75, 3.05) is 11.4 Å². The lowest BCUT2D eigenvalue weighted by molar-refractivity contribution is -0.158. The van der Waals surface area contributed by atoms with Crippen molar-refractivity contribution in [2.24, 2.45) is 12.5 Å². The lowest BCUT2D eigenvalue weighted by Crippen LogP contribution is -2.72. The highest BCUT2D eigenvalue weighted by molar-refractivity contribution is 6.22. The zero-order valence-electron chi connectivity index (χ0n) is 18.8. The quantitative estimate of drug-likeness (QED) is 0.423. The molecule has 176 valence electrons. The van der Waals surface area contributed by atoms with Crippen molar-refractivity contribution in [3.63, 3.8) is 0 Å². The zero-order valence-corrected chi connectivity index (χ0v) is 18.8. The highest BCUT2D eigenvalue weighted by Gasteiger charge is 2.62. The number of anilines is 1. The molecule has 0 bridgehead atoms. The Hall–Kier alpha value is -3.60. The summed E-state index contributed by atoms with van der Waals surface area (Å²) in [5.41, 5.74) is 0.0206. The van der Waals surface area contributed by atoms with Gasteiger partial charge in [-0.05, 0) is 31.9 Å². The van der Waals surface area contributed by atoms with E-state index in [0.717, 1.165) is 0 Å². The minimum atomic E-state index is -1.58. The number of benzene rings is 1. The summed E-state index contributed by atoms with van der Waals surface area (Å²) in [6, 6.07) is 0.940. The van der Waals surface area contributed by atoms with E-state index in [0.29, 0.717) is 22.3 Å². The van der Waals surface area contributed by atoms with E-state index in [-0.39, 0.29) is 30.3 Å². The van der Waals surface area contributed by atoms with Crippen LogP contribution in [0.2, 0.25) is 0 Å². The van der Waals surface area contributed by atoms with E-state index in [1.165, 1.54) is 0 Å². The summed E-state index contributed by atoms with van der Waals surface area (Å²) in [6.07, 6.45) is 2.03. The number of imide groups is 1. The van der Waals surface area contributed by atoms with Gasteiger partial charge >= 0.3 is 0 Å². The number of morpholine rings is 1. The molecule has 3 aromatic rings. The van der Waals surface area contributed by atoms with Gasteiger partial charge in [0.05, 0.1) is 42.1 Å². The number of ketones is 1. The number of ether oxygens (including phenoxy) is 1. The van der Waals surface area contributed by atoms with Crippen LogP contribution in [0.1, 0.15) is 25.8 Å². The van der Waals surface area contributed by atoms with Crippen LogP contribution in [0.25, 0.3) is 22.4 Å². The van der Waals surface area contributed by atoms with Gasteiger partial charge in [0.15, 0.2) is 11.6 Å². The van der Waals surface area contributed by atoms with Crippen molar-refractivity contribution in [1.29, 1.82) is 0 Å². The third kappa shape index (κ3) is 2.67. The number of piperidine rings is 1. The SMILES string of the molecule is C[C@@H]1CN2c3c(cc4c(-c5cn(C)cn5)noc4c3F)CC3(C(=O)CC(=O)NC3=O)[C@H]2[C@H](C)O1. The molecular weight excluding hydrogens is 445 g/mol. The monoisotopic (exact) mass is 467 g/mol. The highest BCUT2D eigenvalue weighted by atomic mass is 19.1. The topological polar surface area (TPSA) is 120 Å². The fourth-order valence-electron chi connectivity index (χ4n) is 5.87. The van der Waals surface area contributed by atoms with Gasteiger partial charge < -0.3 is 18.7 Å². The van der Waals surface area contributed by atoms with Gasteiger partial charge in [-0.2, -0.15) is 0 Å². The smallest absolute Gasteiger partial charge is 0.242 e.